The number of piperidine rings is 1. The topological polar surface area (TPSA) is 62.6 Å². The van der Waals surface area contributed by atoms with E-state index in [2.05, 4.69) is 0 Å². The van der Waals surface area contributed by atoms with Gasteiger partial charge < -0.3 is 9.47 Å². The van der Waals surface area contributed by atoms with Gasteiger partial charge in [-0.25, -0.2) is 8.42 Å². The van der Waals surface area contributed by atoms with E-state index in [1.807, 2.05) is 59.1 Å². The van der Waals surface area contributed by atoms with E-state index >= 15 is 0 Å². The van der Waals surface area contributed by atoms with Gasteiger partial charge in [0, 0.05) is 49.3 Å². The van der Waals surface area contributed by atoms with E-state index in [0.29, 0.717) is 25.2 Å². The molecule has 2 atom stereocenters. The fraction of sp³-hybridized carbons (Fsp3) is 0.450. The minimum atomic E-state index is -3.23. The lowest BCUT2D eigenvalue weighted by molar-refractivity contribution is 0.0588. The zero-order valence-corrected chi connectivity index (χ0v) is 16.5. The summed E-state index contributed by atoms with van der Waals surface area (Å²) in [4.78, 5) is 15.1. The number of nitrogens with zero attached hydrogens (tertiary/aromatic N) is 3. The Balaban J connectivity index is 1.59. The summed E-state index contributed by atoms with van der Waals surface area (Å²) in [6.07, 6.45) is 7.07. The summed E-state index contributed by atoms with van der Waals surface area (Å²) in [6.45, 7) is 3.56. The second kappa shape index (κ2) is 6.80. The molecular formula is C20H25N3O3S. The van der Waals surface area contributed by atoms with Gasteiger partial charge in [-0.15, -0.1) is 0 Å². The minimum Gasteiger partial charge on any atom is -0.334 e. The molecule has 3 aliphatic rings. The Labute approximate surface area is 160 Å². The molecule has 0 saturated carbocycles. The van der Waals surface area contributed by atoms with Crippen molar-refractivity contribution in [1.82, 2.24) is 13.8 Å². The molecule has 1 aromatic heterocycles. The van der Waals surface area contributed by atoms with E-state index in [1.165, 1.54) is 6.26 Å². The number of benzene rings is 1. The van der Waals surface area contributed by atoms with Crippen molar-refractivity contribution in [2.45, 2.75) is 25.8 Å². The zero-order valence-electron chi connectivity index (χ0n) is 15.7. The van der Waals surface area contributed by atoms with Gasteiger partial charge in [0.05, 0.1) is 6.26 Å². The molecule has 0 radical (unpaired) electrons. The predicted molar refractivity (Wildman–Crippen MR) is 104 cm³/mol. The molecule has 0 unspecified atom stereocenters. The summed E-state index contributed by atoms with van der Waals surface area (Å²) in [6, 6.07) is 9.68. The first-order chi connectivity index (χ1) is 12.8. The summed E-state index contributed by atoms with van der Waals surface area (Å²) < 4.78 is 27.6. The van der Waals surface area contributed by atoms with Gasteiger partial charge in [-0.3, -0.25) is 4.79 Å². The second-order valence-electron chi connectivity index (χ2n) is 7.73. The monoisotopic (exact) mass is 387 g/mol. The molecule has 27 heavy (non-hydrogen) atoms. The molecular weight excluding hydrogens is 362 g/mol. The highest BCUT2D eigenvalue weighted by Gasteiger charge is 2.39. The SMILES string of the molecule is Cc1cc(C(=O)N2C[C@H]3CC[C@@H]2CN(S(C)(=O)=O)C3)ccc1-n1cccc1. The number of amides is 1. The Bertz CT molecular complexity index is 953. The maximum absolute atomic E-state index is 13.2. The highest BCUT2D eigenvalue weighted by Crippen LogP contribution is 2.30. The molecule has 3 aliphatic heterocycles. The van der Waals surface area contributed by atoms with E-state index in [4.69, 9.17) is 0 Å². The van der Waals surface area contributed by atoms with Gasteiger partial charge in [0.25, 0.3) is 5.91 Å². The van der Waals surface area contributed by atoms with Crippen molar-refractivity contribution >= 4 is 15.9 Å². The second-order valence-corrected chi connectivity index (χ2v) is 9.71. The van der Waals surface area contributed by atoms with Crippen molar-refractivity contribution in [2.75, 3.05) is 25.9 Å². The number of hydrogen-bond acceptors (Lipinski definition) is 3. The first kappa shape index (κ1) is 18.3. The standard InChI is InChI=1S/C20H25N3O3S/c1-15-11-17(6-8-19(15)21-9-3-4-10-21)20(24)23-13-16-5-7-18(23)14-22(12-16)27(2,25)26/h3-4,6,8-11,16,18H,5,7,12-14H2,1-2H3/t16-,18+/m0/s1. The van der Waals surface area contributed by atoms with Crippen LogP contribution in [0.2, 0.25) is 0 Å². The molecule has 0 aliphatic carbocycles. The summed E-state index contributed by atoms with van der Waals surface area (Å²) in [7, 11) is -3.23. The molecule has 3 saturated heterocycles. The average molecular weight is 388 g/mol. The molecule has 144 valence electrons. The van der Waals surface area contributed by atoms with Crippen LogP contribution in [-0.4, -0.2) is 60.0 Å². The summed E-state index contributed by atoms with van der Waals surface area (Å²) in [5, 5.41) is 0. The summed E-state index contributed by atoms with van der Waals surface area (Å²) >= 11 is 0. The first-order valence-electron chi connectivity index (χ1n) is 9.33. The third-order valence-electron chi connectivity index (χ3n) is 5.74. The van der Waals surface area contributed by atoms with E-state index in [1.54, 1.807) is 4.31 Å². The highest BCUT2D eigenvalue weighted by atomic mass is 32.2. The molecule has 1 amide bonds. The smallest absolute Gasteiger partial charge is 0.254 e. The van der Waals surface area contributed by atoms with E-state index in [0.717, 1.165) is 24.1 Å². The summed E-state index contributed by atoms with van der Waals surface area (Å²) in [5.74, 6) is 0.213. The molecule has 6 nitrogen and oxygen atoms in total. The lowest BCUT2D eigenvalue weighted by Gasteiger charge is -2.36. The quantitative estimate of drug-likeness (QED) is 0.812. The van der Waals surface area contributed by atoms with Crippen LogP contribution < -0.4 is 0 Å². The van der Waals surface area contributed by atoms with Crippen molar-refractivity contribution in [3.63, 3.8) is 0 Å². The third-order valence-corrected chi connectivity index (χ3v) is 6.97. The Morgan fingerprint density at radius 3 is 2.48 bits per heavy atom. The minimum absolute atomic E-state index is 0.00204. The maximum Gasteiger partial charge on any atom is 0.254 e. The molecule has 4 heterocycles. The van der Waals surface area contributed by atoms with Gasteiger partial charge >= 0.3 is 0 Å². The van der Waals surface area contributed by atoms with Gasteiger partial charge in [-0.2, -0.15) is 4.31 Å². The van der Waals surface area contributed by atoms with E-state index in [9.17, 15) is 13.2 Å². The molecule has 3 fully saturated rings. The van der Waals surface area contributed by atoms with Crippen LogP contribution >= 0.6 is 0 Å². The largest absolute Gasteiger partial charge is 0.334 e. The highest BCUT2D eigenvalue weighted by molar-refractivity contribution is 7.88. The van der Waals surface area contributed by atoms with Gasteiger partial charge in [0.15, 0.2) is 0 Å². The van der Waals surface area contributed by atoms with Crippen LogP contribution in [0.25, 0.3) is 5.69 Å². The molecule has 5 rings (SSSR count). The van der Waals surface area contributed by atoms with Gasteiger partial charge in [-0.05, 0) is 61.6 Å². The van der Waals surface area contributed by atoms with E-state index < -0.39 is 10.0 Å². The van der Waals surface area contributed by atoms with Crippen LogP contribution in [0.15, 0.2) is 42.7 Å². The average Bonchev–Trinajstić information content (AvgIpc) is 2.98. The van der Waals surface area contributed by atoms with Gasteiger partial charge in [-0.1, -0.05) is 0 Å². The van der Waals surface area contributed by atoms with Crippen molar-refractivity contribution in [3.05, 3.63) is 53.9 Å². The van der Waals surface area contributed by atoms with Crippen molar-refractivity contribution in [2.24, 2.45) is 5.92 Å². The van der Waals surface area contributed by atoms with E-state index in [-0.39, 0.29) is 17.9 Å². The maximum atomic E-state index is 13.2. The van der Waals surface area contributed by atoms with Gasteiger partial charge in [0.2, 0.25) is 10.0 Å². The molecule has 1 aromatic carbocycles. The molecule has 7 heteroatoms. The van der Waals surface area contributed by atoms with Gasteiger partial charge in [0.1, 0.15) is 0 Å². The lowest BCUT2D eigenvalue weighted by Crippen LogP contribution is -2.47. The fourth-order valence-corrected chi connectivity index (χ4v) is 5.22. The van der Waals surface area contributed by atoms with Crippen molar-refractivity contribution in [1.29, 1.82) is 0 Å². The van der Waals surface area contributed by atoms with Crippen LogP contribution in [-0.2, 0) is 10.0 Å². The molecule has 2 aromatic rings. The zero-order chi connectivity index (χ0) is 19.2. The van der Waals surface area contributed by atoms with Crippen molar-refractivity contribution in [3.8, 4) is 5.69 Å². The van der Waals surface area contributed by atoms with Crippen LogP contribution in [0.5, 0.6) is 0 Å². The predicted octanol–water partition coefficient (Wildman–Crippen LogP) is 2.28. The molecule has 0 spiro atoms. The number of aromatic nitrogens is 1. The van der Waals surface area contributed by atoms with Crippen LogP contribution in [0.1, 0.15) is 28.8 Å². The number of carbonyl (C=O) groups excluding carboxylic acids is 1. The number of hydrogen-bond donors (Lipinski definition) is 0. The first-order valence-corrected chi connectivity index (χ1v) is 11.2. The number of carbonyl (C=O) groups is 1. The third kappa shape index (κ3) is 3.53. The Hall–Kier alpha value is -2.12. The fourth-order valence-electron chi connectivity index (χ4n) is 4.30. The Morgan fingerprint density at radius 1 is 1.07 bits per heavy atom. The molecule has 0 N–H and O–H groups in total. The van der Waals surface area contributed by atoms with Crippen LogP contribution in [0.3, 0.4) is 0 Å². The van der Waals surface area contributed by atoms with Crippen LogP contribution in [0.4, 0.5) is 0 Å². The number of aryl methyl sites for hydroxylation is 1. The Morgan fingerprint density at radius 2 is 1.81 bits per heavy atom. The number of fused-ring (bicyclic) bond motifs is 4. The normalized spacial score (nSPS) is 23.4. The summed E-state index contributed by atoms with van der Waals surface area (Å²) in [5.41, 5.74) is 2.76. The Kier molecular flexibility index (Phi) is 4.60. The van der Waals surface area contributed by atoms with Crippen molar-refractivity contribution < 1.29 is 13.2 Å². The van der Waals surface area contributed by atoms with Crippen LogP contribution in [0, 0.1) is 12.8 Å². The molecule has 2 bridgehead atoms. The number of rotatable bonds is 3. The lowest BCUT2D eigenvalue weighted by atomic mass is 9.94. The number of sulfonamides is 1.